The van der Waals surface area contributed by atoms with Crippen molar-refractivity contribution in [2.75, 3.05) is 25.1 Å². The van der Waals surface area contributed by atoms with Gasteiger partial charge in [-0.2, -0.15) is 0 Å². The van der Waals surface area contributed by atoms with E-state index in [1.807, 2.05) is 0 Å². The predicted molar refractivity (Wildman–Crippen MR) is 97.3 cm³/mol. The highest BCUT2D eigenvalue weighted by molar-refractivity contribution is 7.92. The summed E-state index contributed by atoms with van der Waals surface area (Å²) in [6, 6.07) is 6.55. The average molecular weight is 412 g/mol. The Hall–Kier alpha value is -3.21. The smallest absolute Gasteiger partial charge is 0.326 e. The van der Waals surface area contributed by atoms with Gasteiger partial charge in [-0.15, -0.1) is 0 Å². The molecular formula is C17H17FN2O7S. The molecular weight excluding hydrogens is 395 g/mol. The van der Waals surface area contributed by atoms with Crippen LogP contribution in [0.4, 0.5) is 15.8 Å². The number of ether oxygens (including phenoxy) is 2. The Morgan fingerprint density at radius 2 is 1.89 bits per heavy atom. The van der Waals surface area contributed by atoms with E-state index in [0.29, 0.717) is 9.87 Å². The number of anilines is 1. The number of halogens is 1. The van der Waals surface area contributed by atoms with Crippen LogP contribution in [0.2, 0.25) is 0 Å². The largest absolute Gasteiger partial charge is 0.494 e. The molecule has 2 aromatic rings. The van der Waals surface area contributed by atoms with E-state index in [9.17, 15) is 27.7 Å². The Bertz CT molecular complexity index is 1020. The summed E-state index contributed by atoms with van der Waals surface area (Å²) in [5.74, 6) is -1.98. The molecule has 150 valence electrons. The van der Waals surface area contributed by atoms with Crippen molar-refractivity contribution >= 4 is 27.4 Å². The van der Waals surface area contributed by atoms with Crippen LogP contribution in [-0.4, -0.2) is 40.1 Å². The highest BCUT2D eigenvalue weighted by Gasteiger charge is 2.30. The van der Waals surface area contributed by atoms with Gasteiger partial charge in [0.15, 0.2) is 11.6 Å². The summed E-state index contributed by atoms with van der Waals surface area (Å²) in [6.07, 6.45) is 0. The van der Waals surface area contributed by atoms with Crippen LogP contribution < -0.4 is 9.04 Å². The average Bonchev–Trinajstić information content (AvgIpc) is 2.66. The van der Waals surface area contributed by atoms with Crippen molar-refractivity contribution in [1.29, 1.82) is 0 Å². The molecule has 0 aliphatic heterocycles. The van der Waals surface area contributed by atoms with Gasteiger partial charge in [-0.05, 0) is 30.7 Å². The fourth-order valence-corrected chi connectivity index (χ4v) is 3.87. The number of nitro benzene ring substituents is 1. The molecule has 0 N–H and O–H groups in total. The fourth-order valence-electron chi connectivity index (χ4n) is 2.40. The summed E-state index contributed by atoms with van der Waals surface area (Å²) in [6.45, 7) is 0.766. The molecule has 0 radical (unpaired) electrons. The molecule has 0 spiro atoms. The number of benzene rings is 2. The summed E-state index contributed by atoms with van der Waals surface area (Å²) in [5, 5.41) is 11.1. The van der Waals surface area contributed by atoms with Crippen LogP contribution in [-0.2, 0) is 19.6 Å². The van der Waals surface area contributed by atoms with Crippen molar-refractivity contribution in [3.05, 3.63) is 57.9 Å². The Morgan fingerprint density at radius 3 is 2.43 bits per heavy atom. The molecule has 0 fully saturated rings. The van der Waals surface area contributed by atoms with E-state index >= 15 is 0 Å². The van der Waals surface area contributed by atoms with Crippen molar-refractivity contribution in [2.45, 2.75) is 11.8 Å². The molecule has 0 aliphatic rings. The van der Waals surface area contributed by atoms with Gasteiger partial charge in [0.1, 0.15) is 6.54 Å². The van der Waals surface area contributed by atoms with Gasteiger partial charge in [0.25, 0.3) is 15.7 Å². The normalized spacial score (nSPS) is 11.0. The minimum atomic E-state index is -4.46. The maximum absolute atomic E-state index is 14.0. The minimum absolute atomic E-state index is 0.101. The highest BCUT2D eigenvalue weighted by atomic mass is 32.2. The zero-order chi connectivity index (χ0) is 21.1. The van der Waals surface area contributed by atoms with E-state index in [1.165, 1.54) is 26.2 Å². The SMILES string of the molecule is COC(=O)CN(c1cc([N+](=O)[O-])ccc1C)S(=O)(=O)c1ccc(OC)c(F)c1. The van der Waals surface area contributed by atoms with Crippen LogP contribution >= 0.6 is 0 Å². The number of nitrogens with zero attached hydrogens (tertiary/aromatic N) is 2. The first-order valence-electron chi connectivity index (χ1n) is 7.80. The summed E-state index contributed by atoms with van der Waals surface area (Å²) in [4.78, 5) is 21.7. The van der Waals surface area contributed by atoms with Gasteiger partial charge in [0, 0.05) is 12.1 Å². The number of esters is 1. The Kier molecular flexibility index (Phi) is 6.19. The number of carbonyl (C=O) groups is 1. The van der Waals surface area contributed by atoms with Gasteiger partial charge in [-0.1, -0.05) is 6.07 Å². The van der Waals surface area contributed by atoms with Gasteiger partial charge in [0.2, 0.25) is 0 Å². The van der Waals surface area contributed by atoms with Crippen LogP contribution in [0.3, 0.4) is 0 Å². The van der Waals surface area contributed by atoms with E-state index in [1.54, 1.807) is 0 Å². The first-order chi connectivity index (χ1) is 13.1. The minimum Gasteiger partial charge on any atom is -0.494 e. The second-order valence-electron chi connectivity index (χ2n) is 5.61. The number of nitro groups is 1. The molecule has 11 heteroatoms. The van der Waals surface area contributed by atoms with E-state index in [-0.39, 0.29) is 17.1 Å². The molecule has 0 unspecified atom stereocenters. The van der Waals surface area contributed by atoms with Crippen LogP contribution in [0, 0.1) is 22.9 Å². The molecule has 0 saturated carbocycles. The molecule has 0 aromatic heterocycles. The summed E-state index contributed by atoms with van der Waals surface area (Å²) < 4.78 is 50.2. The third-order valence-electron chi connectivity index (χ3n) is 3.88. The Labute approximate surface area is 160 Å². The van der Waals surface area contributed by atoms with Gasteiger partial charge in [0.05, 0.1) is 29.7 Å². The lowest BCUT2D eigenvalue weighted by atomic mass is 10.2. The maximum Gasteiger partial charge on any atom is 0.326 e. The van der Waals surface area contributed by atoms with E-state index < -0.39 is 38.2 Å². The van der Waals surface area contributed by atoms with Gasteiger partial charge in [-0.25, -0.2) is 12.8 Å². The number of aryl methyl sites for hydroxylation is 1. The Balaban J connectivity index is 2.66. The van der Waals surface area contributed by atoms with Crippen molar-refractivity contribution in [3.8, 4) is 5.75 Å². The molecule has 28 heavy (non-hydrogen) atoms. The number of hydrogen-bond acceptors (Lipinski definition) is 7. The second kappa shape index (κ2) is 8.21. The number of rotatable bonds is 7. The lowest BCUT2D eigenvalue weighted by Crippen LogP contribution is -2.36. The molecule has 0 saturated heterocycles. The van der Waals surface area contributed by atoms with Crippen LogP contribution in [0.25, 0.3) is 0 Å². The zero-order valence-corrected chi connectivity index (χ0v) is 16.0. The third kappa shape index (κ3) is 4.19. The number of hydrogen-bond donors (Lipinski definition) is 0. The van der Waals surface area contributed by atoms with Crippen LogP contribution in [0.15, 0.2) is 41.3 Å². The lowest BCUT2D eigenvalue weighted by Gasteiger charge is -2.25. The first-order valence-corrected chi connectivity index (χ1v) is 9.24. The lowest BCUT2D eigenvalue weighted by molar-refractivity contribution is -0.384. The van der Waals surface area contributed by atoms with E-state index in [4.69, 9.17) is 4.74 Å². The van der Waals surface area contributed by atoms with Gasteiger partial charge in [-0.3, -0.25) is 19.2 Å². The Morgan fingerprint density at radius 1 is 1.21 bits per heavy atom. The van der Waals surface area contributed by atoms with E-state index in [0.717, 1.165) is 31.4 Å². The topological polar surface area (TPSA) is 116 Å². The standard InChI is InChI=1S/C17H17FN2O7S/c1-11-4-5-12(20(22)23)8-15(11)19(10-17(21)27-3)28(24,25)13-6-7-16(26-2)14(18)9-13/h4-9H,10H2,1-3H3. The van der Waals surface area contributed by atoms with Gasteiger partial charge < -0.3 is 9.47 Å². The van der Waals surface area contributed by atoms with Crippen molar-refractivity contribution in [1.82, 2.24) is 0 Å². The molecule has 0 atom stereocenters. The first kappa shape index (κ1) is 21.1. The molecule has 0 bridgehead atoms. The number of non-ortho nitro benzene ring substituents is 1. The molecule has 2 aromatic carbocycles. The second-order valence-corrected chi connectivity index (χ2v) is 7.47. The van der Waals surface area contributed by atoms with Crippen LogP contribution in [0.5, 0.6) is 5.75 Å². The summed E-state index contributed by atoms with van der Waals surface area (Å²) >= 11 is 0. The highest BCUT2D eigenvalue weighted by Crippen LogP contribution is 2.31. The monoisotopic (exact) mass is 412 g/mol. The van der Waals surface area contributed by atoms with E-state index in [2.05, 4.69) is 4.74 Å². The zero-order valence-electron chi connectivity index (χ0n) is 15.2. The molecule has 9 nitrogen and oxygen atoms in total. The molecule has 0 aliphatic carbocycles. The summed E-state index contributed by atoms with van der Waals surface area (Å²) in [7, 11) is -2.16. The van der Waals surface area contributed by atoms with Crippen molar-refractivity contribution < 1.29 is 32.0 Å². The molecule has 0 amide bonds. The number of sulfonamides is 1. The van der Waals surface area contributed by atoms with Crippen LogP contribution in [0.1, 0.15) is 5.56 Å². The summed E-state index contributed by atoms with van der Waals surface area (Å²) in [5.41, 5.74) is -0.116. The quantitative estimate of drug-likeness (QED) is 0.389. The number of carbonyl (C=O) groups excluding carboxylic acids is 1. The maximum atomic E-state index is 14.0. The fraction of sp³-hybridized carbons (Fsp3) is 0.235. The third-order valence-corrected chi connectivity index (χ3v) is 5.64. The molecule has 2 rings (SSSR count). The van der Waals surface area contributed by atoms with Gasteiger partial charge >= 0.3 is 5.97 Å². The molecule has 0 heterocycles. The number of methoxy groups -OCH3 is 2. The predicted octanol–water partition coefficient (Wildman–Crippen LogP) is 2.42. The van der Waals surface area contributed by atoms with Crippen molar-refractivity contribution in [3.63, 3.8) is 0 Å². The van der Waals surface area contributed by atoms with Crippen molar-refractivity contribution in [2.24, 2.45) is 0 Å².